The summed E-state index contributed by atoms with van der Waals surface area (Å²) in [6, 6.07) is -4.54. The molecule has 4 saturated heterocycles. The van der Waals surface area contributed by atoms with Gasteiger partial charge in [0.2, 0.25) is 47.3 Å². The number of carboxylic acids is 12. The molecular weight excluding hydrogens is 1820 g/mol. The minimum atomic E-state index is -1.89. The second kappa shape index (κ2) is 62.6. The molecule has 4 rings (SSSR count). The number of carbonyl (C=O) groups is 20. The van der Waals surface area contributed by atoms with Gasteiger partial charge in [-0.3, -0.25) is 174 Å². The summed E-state index contributed by atoms with van der Waals surface area (Å²) in [5.74, 6) is -21.4. The molecule has 0 aromatic carbocycles. The zero-order chi connectivity index (χ0) is 102. The molecule has 776 valence electrons. The van der Waals surface area contributed by atoms with Gasteiger partial charge in [0.15, 0.2) is 0 Å². The third kappa shape index (κ3) is 50.6. The Morgan fingerprint density at radius 3 is 0.387 bits per heavy atom. The minimum Gasteiger partial charge on any atom is -0.480 e. The fourth-order valence-electron chi connectivity index (χ4n) is 15.6. The van der Waals surface area contributed by atoms with Crippen LogP contribution in [0.4, 0.5) is 0 Å². The van der Waals surface area contributed by atoms with Crippen LogP contribution in [-0.4, -0.2) is 623 Å². The van der Waals surface area contributed by atoms with E-state index in [0.717, 1.165) is 0 Å². The Balaban J connectivity index is 1.81. The van der Waals surface area contributed by atoms with Gasteiger partial charge in [-0.2, -0.15) is 0 Å². The smallest absolute Gasteiger partial charge is 0.317 e. The summed E-state index contributed by atoms with van der Waals surface area (Å²) in [7, 11) is 0. The molecule has 4 fully saturated rings. The predicted octanol–water partition coefficient (Wildman–Crippen LogP) is -13.6. The van der Waals surface area contributed by atoms with Crippen LogP contribution >= 0.6 is 0 Å². The first-order valence-electron chi connectivity index (χ1n) is 45.1. The number of amides is 8. The van der Waals surface area contributed by atoms with Crippen molar-refractivity contribution in [2.75, 3.05) is 340 Å². The van der Waals surface area contributed by atoms with E-state index in [4.69, 9.17) is 0 Å². The van der Waals surface area contributed by atoms with E-state index in [1.807, 2.05) is 0 Å². The van der Waals surface area contributed by atoms with Crippen LogP contribution in [0.2, 0.25) is 0 Å². The van der Waals surface area contributed by atoms with E-state index >= 15 is 0 Å². The maximum absolute atomic E-state index is 14.5. The number of hydrogen-bond acceptors (Lipinski definition) is 36. The summed E-state index contributed by atoms with van der Waals surface area (Å²) < 4.78 is 0. The van der Waals surface area contributed by atoms with Gasteiger partial charge in [-0.25, -0.2) is 0 Å². The number of rotatable bonds is 48. The summed E-state index contributed by atoms with van der Waals surface area (Å²) in [5.41, 5.74) is -1.89. The molecule has 56 nitrogen and oxygen atoms in total. The van der Waals surface area contributed by atoms with Crippen LogP contribution in [0, 0.1) is 5.41 Å². The Labute approximate surface area is 791 Å². The molecule has 8 amide bonds. The second-order valence-corrected chi connectivity index (χ2v) is 34.4. The summed E-state index contributed by atoms with van der Waals surface area (Å²) in [6.07, 6.45) is 0. The highest BCUT2D eigenvalue weighted by molar-refractivity contribution is 5.90. The third-order valence-electron chi connectivity index (χ3n) is 23.8. The third-order valence-corrected chi connectivity index (χ3v) is 23.8. The molecule has 20 N–H and O–H groups in total. The predicted molar refractivity (Wildman–Crippen MR) is 480 cm³/mol. The average Bonchev–Trinajstić information content (AvgIpc) is 0.844. The van der Waals surface area contributed by atoms with Crippen LogP contribution in [-0.2, 0) is 95.9 Å². The molecule has 0 radical (unpaired) electrons. The molecular formula is C81H140N24O32. The highest BCUT2D eigenvalue weighted by Gasteiger charge is 2.37. The van der Waals surface area contributed by atoms with Crippen LogP contribution in [0.25, 0.3) is 0 Å². The maximum Gasteiger partial charge on any atom is 0.317 e. The zero-order valence-electron chi connectivity index (χ0n) is 78.3. The quantitative estimate of drug-likeness (QED) is 0.0269. The van der Waals surface area contributed by atoms with Gasteiger partial charge in [0, 0.05) is 241 Å². The number of nitrogens with zero attached hydrogens (tertiary/aromatic N) is 16. The van der Waals surface area contributed by atoms with Gasteiger partial charge in [-0.05, 0) is 27.7 Å². The summed E-state index contributed by atoms with van der Waals surface area (Å²) in [4.78, 5) is 284. The van der Waals surface area contributed by atoms with E-state index < -0.39 is 279 Å². The number of aliphatic carboxylic acids is 12. The molecule has 56 heteroatoms. The lowest BCUT2D eigenvalue weighted by atomic mass is 9.86. The monoisotopic (exact) mass is 1960 g/mol. The Morgan fingerprint density at radius 2 is 0.285 bits per heavy atom. The molecule has 0 unspecified atom stereocenters. The van der Waals surface area contributed by atoms with Gasteiger partial charge in [0.25, 0.3) is 0 Å². The summed E-state index contributed by atoms with van der Waals surface area (Å²) >= 11 is 0. The Hall–Kier alpha value is -11.2. The van der Waals surface area contributed by atoms with Gasteiger partial charge in [0.05, 0.1) is 129 Å². The van der Waals surface area contributed by atoms with Crippen molar-refractivity contribution in [1.82, 2.24) is 121 Å². The number of carboxylic acid groups (broad SMARTS) is 12. The molecule has 4 aliphatic heterocycles. The molecule has 0 saturated carbocycles. The Bertz CT molecular complexity index is 3390. The topological polar surface area (TPSA) is 732 Å². The first-order valence-corrected chi connectivity index (χ1v) is 45.1. The van der Waals surface area contributed by atoms with Crippen LogP contribution in [0.15, 0.2) is 0 Å². The molecule has 0 spiro atoms. The Morgan fingerprint density at radius 1 is 0.182 bits per heavy atom. The second-order valence-electron chi connectivity index (χ2n) is 34.4. The lowest BCUT2D eigenvalue weighted by molar-refractivity contribution is -0.141. The lowest BCUT2D eigenvalue weighted by Crippen LogP contribution is -2.59. The van der Waals surface area contributed by atoms with Gasteiger partial charge < -0.3 is 104 Å². The van der Waals surface area contributed by atoms with E-state index in [2.05, 4.69) is 42.5 Å². The average molecular weight is 1960 g/mol. The normalized spacial score (nSPS) is 19.2. The van der Waals surface area contributed by atoms with Gasteiger partial charge >= 0.3 is 71.6 Å². The maximum atomic E-state index is 14.5. The van der Waals surface area contributed by atoms with Crippen LogP contribution < -0.4 is 42.5 Å². The molecule has 0 aliphatic carbocycles. The van der Waals surface area contributed by atoms with Crippen molar-refractivity contribution in [3.05, 3.63) is 0 Å². The van der Waals surface area contributed by atoms with Gasteiger partial charge in [-0.1, -0.05) is 0 Å². The van der Waals surface area contributed by atoms with Gasteiger partial charge in [0.1, 0.15) is 0 Å². The highest BCUT2D eigenvalue weighted by atomic mass is 16.4. The van der Waals surface area contributed by atoms with Crippen molar-refractivity contribution in [2.24, 2.45) is 5.41 Å². The molecule has 4 heterocycles. The van der Waals surface area contributed by atoms with Crippen LogP contribution in [0.1, 0.15) is 27.7 Å². The van der Waals surface area contributed by atoms with Crippen molar-refractivity contribution in [3.8, 4) is 0 Å². The minimum absolute atomic E-state index is 0.00177. The standard InChI is InChI=1S/C81H140N24O32/c1-57(102-29-21-94(45-69(118)119)13-5-90(41-65(110)111)6-14-95(22-30-102)46-70(120)121)77(134)82-37-61(106)86-53-81(54-87-62(107)38-83-78(135)58(2)103-31-23-96(47-71(122)123)15-7-91(42-66(112)113)8-16-97(24-32-103)48-72(124)125,55-88-63(108)39-84-79(136)59(3)104-33-25-98(49-73(126)127)17-9-92(43-67(114)115)10-18-99(26-34-104)50-74(128)129)56-89-64(109)40-85-80(137)60(4)105-35-27-100(51-75(130)131)19-11-93(44-68(116)117)12-20-101(28-36-105)52-76(132)133/h57-60H,5-56H2,1-4H3,(H,82,134)(H,83,135)(H,84,136)(H,85,137)(H,86,106)(H,87,107)(H,88,108)(H,89,109)(H,110,111)(H,112,113)(H,114,115)(H,116,117)(H,118,119)(H,120,121)(H,122,123)(H,124,125)(H,126,127)(H,128,129)(H,130,131)(H,132,133)/t57-,58-,59+,60+. The lowest BCUT2D eigenvalue weighted by Gasteiger charge is -2.36. The molecule has 4 aliphatic rings. The molecule has 137 heavy (non-hydrogen) atoms. The molecule has 4 atom stereocenters. The van der Waals surface area contributed by atoms with Crippen LogP contribution in [0.3, 0.4) is 0 Å². The highest BCUT2D eigenvalue weighted by Crippen LogP contribution is 2.17. The van der Waals surface area contributed by atoms with Crippen molar-refractivity contribution < 1.29 is 157 Å². The van der Waals surface area contributed by atoms with Crippen molar-refractivity contribution in [1.29, 1.82) is 0 Å². The first-order chi connectivity index (χ1) is 64.6. The van der Waals surface area contributed by atoms with Gasteiger partial charge in [-0.15, -0.1) is 0 Å². The largest absolute Gasteiger partial charge is 0.480 e. The van der Waals surface area contributed by atoms with E-state index in [-0.39, 0.29) is 209 Å². The number of nitrogens with one attached hydrogen (secondary N) is 8. The number of hydrogen-bond donors (Lipinski definition) is 20. The van der Waals surface area contributed by atoms with E-state index in [0.29, 0.717) is 0 Å². The molecule has 0 aromatic heterocycles. The Kier molecular flexibility index (Phi) is 53.9. The fourth-order valence-corrected chi connectivity index (χ4v) is 15.6. The number of carbonyl (C=O) groups excluding carboxylic acids is 8. The van der Waals surface area contributed by atoms with Crippen molar-refractivity contribution in [2.45, 2.75) is 51.9 Å². The zero-order valence-corrected chi connectivity index (χ0v) is 78.3. The van der Waals surface area contributed by atoms with E-state index in [1.165, 1.54) is 86.5 Å². The van der Waals surface area contributed by atoms with E-state index in [1.54, 1.807) is 19.6 Å². The SMILES string of the molecule is C[C@H](C(=O)NCC(=O)NCC(CNC(=O)CNC(=O)[C@@H](C)N1CCN(CC(=O)O)CCN(CC(=O)O)CCN(CC(=O)O)CC1)(CNC(=O)CNC(=O)[C@H](C)N1CCN(CC(=O)O)CCN(CC(=O)O)CCN(CC(=O)O)CC1)CNC(=O)CNC(=O)[C@H](C)N1CCN(CC(=O)O)CCN(CC(=O)O)CCN(CC(=O)O)CC1)N1CCN(CC(=O)O)CCN(CC(=O)O)CCN(CC(=O)O)CC1. The fraction of sp³-hybridized carbons (Fsp3) is 0.753. The first kappa shape index (κ1) is 118. The molecule has 0 bridgehead atoms. The van der Waals surface area contributed by atoms with Crippen molar-refractivity contribution >= 4 is 119 Å². The van der Waals surface area contributed by atoms with Crippen molar-refractivity contribution in [3.63, 3.8) is 0 Å². The molecule has 0 aromatic rings. The van der Waals surface area contributed by atoms with E-state index in [9.17, 15) is 157 Å². The summed E-state index contributed by atoms with van der Waals surface area (Å²) in [5, 5.41) is 138. The van der Waals surface area contributed by atoms with Crippen LogP contribution in [0.5, 0.6) is 0 Å². The summed E-state index contributed by atoms with van der Waals surface area (Å²) in [6.45, 7) is -5.00.